The number of hydrogen-bond donors (Lipinski definition) is 4. The van der Waals surface area contributed by atoms with Gasteiger partial charge in [0.2, 0.25) is 11.9 Å². The van der Waals surface area contributed by atoms with Gasteiger partial charge in [-0.3, -0.25) is 0 Å². The van der Waals surface area contributed by atoms with Crippen LogP contribution in [0.1, 0.15) is 27.6 Å². The van der Waals surface area contributed by atoms with E-state index >= 15 is 0 Å². The number of nitrogens with one attached hydrogen (secondary N) is 2. The van der Waals surface area contributed by atoms with E-state index < -0.39 is 25.4 Å². The summed E-state index contributed by atoms with van der Waals surface area (Å²) < 4.78 is 64.9. The van der Waals surface area contributed by atoms with Crippen molar-refractivity contribution in [3.8, 4) is 5.75 Å². The van der Waals surface area contributed by atoms with Crippen LogP contribution in [0.5, 0.6) is 5.75 Å². The van der Waals surface area contributed by atoms with E-state index in [1.54, 1.807) is 24.1 Å². The Morgan fingerprint density at radius 2 is 1.81 bits per heavy atom. The Morgan fingerprint density at radius 1 is 1.14 bits per heavy atom. The standard InChI is InChI=1S/C24H32ClFN8O2/c1-24(2,35)14-9-16(26)15(25)10-18(14)30-22-28-13-29-23(32-22)31-19-11-17(27)20(12-21(19)36-6)34(5)8-7-33(3)4/h9-13,35H,7-8,27H2,1-6H3,(H2,28,29,30,31,32)/i3D3,4D3. The van der Waals surface area contributed by atoms with E-state index in [9.17, 15) is 9.50 Å². The van der Waals surface area contributed by atoms with Gasteiger partial charge in [0, 0.05) is 45.7 Å². The lowest BCUT2D eigenvalue weighted by Gasteiger charge is -2.24. The molecule has 0 saturated heterocycles. The summed E-state index contributed by atoms with van der Waals surface area (Å²) in [5.41, 5.74) is 6.54. The minimum Gasteiger partial charge on any atom is -0.494 e. The lowest BCUT2D eigenvalue weighted by atomic mass is 9.96. The molecule has 10 nitrogen and oxygen atoms in total. The van der Waals surface area contributed by atoms with Gasteiger partial charge in [0.15, 0.2) is 0 Å². The minimum absolute atomic E-state index is 0.0411. The maximum atomic E-state index is 14.1. The summed E-state index contributed by atoms with van der Waals surface area (Å²) >= 11 is 5.96. The quantitative estimate of drug-likeness (QED) is 0.289. The number of halogens is 2. The van der Waals surface area contributed by atoms with E-state index in [0.717, 1.165) is 6.07 Å². The maximum absolute atomic E-state index is 14.1. The van der Waals surface area contributed by atoms with Crippen molar-refractivity contribution in [1.82, 2.24) is 19.9 Å². The van der Waals surface area contributed by atoms with Crippen LogP contribution in [0, 0.1) is 5.82 Å². The molecule has 3 rings (SSSR count). The van der Waals surface area contributed by atoms with Crippen LogP contribution in [0.25, 0.3) is 0 Å². The number of nitrogens with zero attached hydrogens (tertiary/aromatic N) is 5. The highest BCUT2D eigenvalue weighted by atomic mass is 35.5. The summed E-state index contributed by atoms with van der Waals surface area (Å²) in [5, 5.41) is 16.2. The predicted molar refractivity (Wildman–Crippen MR) is 142 cm³/mol. The zero-order chi connectivity index (χ0) is 31.6. The van der Waals surface area contributed by atoms with Gasteiger partial charge in [-0.1, -0.05) is 11.6 Å². The van der Waals surface area contributed by atoms with Crippen LogP contribution < -0.4 is 26.0 Å². The third-order valence-electron chi connectivity index (χ3n) is 5.20. The lowest BCUT2D eigenvalue weighted by molar-refractivity contribution is 0.0790. The van der Waals surface area contributed by atoms with Gasteiger partial charge in [-0.2, -0.15) is 4.98 Å². The Labute approximate surface area is 223 Å². The van der Waals surface area contributed by atoms with E-state index in [0.29, 0.717) is 22.0 Å². The van der Waals surface area contributed by atoms with Gasteiger partial charge in [0.25, 0.3) is 0 Å². The molecule has 0 bridgehead atoms. The second-order valence-electron chi connectivity index (χ2n) is 8.44. The van der Waals surface area contributed by atoms with Crippen molar-refractivity contribution in [2.75, 3.05) is 62.5 Å². The monoisotopic (exact) mass is 524 g/mol. The van der Waals surface area contributed by atoms with Crippen LogP contribution >= 0.6 is 11.6 Å². The second kappa shape index (κ2) is 11.1. The largest absolute Gasteiger partial charge is 0.494 e. The molecule has 0 saturated carbocycles. The lowest BCUT2D eigenvalue weighted by Crippen LogP contribution is -2.29. The molecule has 0 aliphatic rings. The van der Waals surface area contributed by atoms with Crippen molar-refractivity contribution in [3.05, 3.63) is 47.0 Å². The fraction of sp³-hybridized carbons (Fsp3) is 0.375. The average Bonchev–Trinajstić information content (AvgIpc) is 2.84. The molecule has 1 heterocycles. The van der Waals surface area contributed by atoms with Gasteiger partial charge in [-0.05, 0) is 46.0 Å². The van der Waals surface area contributed by atoms with Crippen molar-refractivity contribution in [2.45, 2.75) is 19.4 Å². The normalized spacial score (nSPS) is 14.7. The Kier molecular flexibility index (Phi) is 6.09. The van der Waals surface area contributed by atoms with Crippen molar-refractivity contribution < 1.29 is 22.5 Å². The Balaban J connectivity index is 1.84. The molecule has 194 valence electrons. The third kappa shape index (κ3) is 6.62. The molecule has 0 amide bonds. The molecule has 0 aliphatic heterocycles. The first-order valence-electron chi connectivity index (χ1n) is 13.7. The number of rotatable bonds is 10. The predicted octanol–water partition coefficient (Wildman–Crippen LogP) is 3.97. The van der Waals surface area contributed by atoms with E-state index in [1.165, 1.54) is 33.4 Å². The third-order valence-corrected chi connectivity index (χ3v) is 5.49. The molecule has 3 aromatic rings. The van der Waals surface area contributed by atoms with Crippen LogP contribution in [0.15, 0.2) is 30.6 Å². The van der Waals surface area contributed by atoms with Crippen LogP contribution in [-0.4, -0.2) is 66.2 Å². The van der Waals surface area contributed by atoms with E-state index in [1.807, 2.05) is 0 Å². The summed E-state index contributed by atoms with van der Waals surface area (Å²) in [6.45, 7) is -2.86. The topological polar surface area (TPSA) is 125 Å². The first kappa shape index (κ1) is 19.7. The molecule has 12 heteroatoms. The number of anilines is 6. The van der Waals surface area contributed by atoms with Gasteiger partial charge in [0.05, 0.1) is 34.8 Å². The number of hydrogen-bond acceptors (Lipinski definition) is 10. The molecule has 0 radical (unpaired) electrons. The van der Waals surface area contributed by atoms with Crippen LogP contribution in [0.3, 0.4) is 0 Å². The molecule has 5 N–H and O–H groups in total. The van der Waals surface area contributed by atoms with Crippen molar-refractivity contribution >= 4 is 46.2 Å². The van der Waals surface area contributed by atoms with Crippen molar-refractivity contribution in [3.63, 3.8) is 0 Å². The number of likely N-dealkylation sites (N-methyl/N-ethyl adjacent to an activating group) is 2. The molecule has 1 aromatic heterocycles. The fourth-order valence-electron chi connectivity index (χ4n) is 3.37. The van der Waals surface area contributed by atoms with Crippen LogP contribution in [-0.2, 0) is 5.60 Å². The first-order chi connectivity index (χ1) is 19.3. The highest BCUT2D eigenvalue weighted by molar-refractivity contribution is 6.31. The smallest absolute Gasteiger partial charge is 0.232 e. The molecular formula is C24H32ClFN8O2. The number of aliphatic hydroxyl groups is 1. The molecule has 0 fully saturated rings. The fourth-order valence-corrected chi connectivity index (χ4v) is 3.53. The van der Waals surface area contributed by atoms with Gasteiger partial charge >= 0.3 is 0 Å². The average molecular weight is 525 g/mol. The van der Waals surface area contributed by atoms with Crippen LogP contribution in [0.4, 0.5) is 39.0 Å². The molecular weight excluding hydrogens is 487 g/mol. The zero-order valence-corrected chi connectivity index (χ0v) is 21.0. The Morgan fingerprint density at radius 3 is 2.42 bits per heavy atom. The maximum Gasteiger partial charge on any atom is 0.232 e. The summed E-state index contributed by atoms with van der Waals surface area (Å²) in [4.78, 5) is 14.6. The second-order valence-corrected chi connectivity index (χ2v) is 8.85. The van der Waals surface area contributed by atoms with E-state index in [-0.39, 0.29) is 46.9 Å². The van der Waals surface area contributed by atoms with Gasteiger partial charge < -0.3 is 36.0 Å². The highest BCUT2D eigenvalue weighted by Gasteiger charge is 2.23. The summed E-state index contributed by atoms with van der Waals surface area (Å²) in [6.07, 6.45) is 1.23. The number of aromatic nitrogens is 3. The number of nitrogen functional groups attached to an aromatic ring is 1. The summed E-state index contributed by atoms with van der Waals surface area (Å²) in [6, 6.07) is 5.60. The molecule has 0 aliphatic carbocycles. The Hall–Kier alpha value is -3.41. The number of benzene rings is 2. The van der Waals surface area contributed by atoms with E-state index in [4.69, 9.17) is 30.3 Å². The molecule has 0 spiro atoms. The van der Waals surface area contributed by atoms with Crippen LogP contribution in [0.2, 0.25) is 5.02 Å². The SMILES string of the molecule is [2H]C([2H])([2H])N(CCN(C)c1cc(OC)c(Nc2ncnc(Nc3cc(Cl)c(F)cc3C(C)(C)O)n2)cc1N)C([2H])([2H])[2H]. The van der Waals surface area contributed by atoms with Gasteiger partial charge in [-0.25, -0.2) is 14.4 Å². The summed E-state index contributed by atoms with van der Waals surface area (Å²) in [5.74, 6) is -0.200. The van der Waals surface area contributed by atoms with Crippen molar-refractivity contribution in [2.24, 2.45) is 0 Å². The highest BCUT2D eigenvalue weighted by Crippen LogP contribution is 2.37. The van der Waals surface area contributed by atoms with E-state index in [2.05, 4.69) is 25.6 Å². The Bertz CT molecular complexity index is 1410. The minimum atomic E-state index is -2.81. The first-order valence-corrected chi connectivity index (χ1v) is 11.1. The molecule has 0 unspecified atom stereocenters. The van der Waals surface area contributed by atoms with Gasteiger partial charge in [-0.15, -0.1) is 0 Å². The molecule has 0 atom stereocenters. The van der Waals surface area contributed by atoms with Crippen molar-refractivity contribution in [1.29, 1.82) is 0 Å². The number of ether oxygens (including phenoxy) is 1. The summed E-state index contributed by atoms with van der Waals surface area (Å²) in [7, 11) is 3.07. The van der Waals surface area contributed by atoms with Gasteiger partial charge in [0.1, 0.15) is 17.9 Å². The zero-order valence-electron chi connectivity index (χ0n) is 26.2. The number of methoxy groups -OCH3 is 1. The molecule has 2 aromatic carbocycles. The molecule has 36 heavy (non-hydrogen) atoms. The number of nitrogens with two attached hydrogens (primary N) is 1.